The van der Waals surface area contributed by atoms with Gasteiger partial charge in [0.15, 0.2) is 18.9 Å². The van der Waals surface area contributed by atoms with E-state index in [-0.39, 0.29) is 0 Å². The number of benzene rings is 2. The highest BCUT2D eigenvalue weighted by molar-refractivity contribution is 5.36. The van der Waals surface area contributed by atoms with Gasteiger partial charge in [0.25, 0.3) is 0 Å². The van der Waals surface area contributed by atoms with Crippen LogP contribution >= 0.6 is 0 Å². The van der Waals surface area contributed by atoms with Crippen LogP contribution in [0.3, 0.4) is 0 Å². The molecule has 0 fully saturated rings. The van der Waals surface area contributed by atoms with Gasteiger partial charge in [-0.3, -0.25) is 0 Å². The average molecular weight is 320 g/mol. The summed E-state index contributed by atoms with van der Waals surface area (Å²) in [5, 5.41) is 0. The number of aryl methyl sites for hydroxylation is 2. The third-order valence-corrected chi connectivity index (χ3v) is 3.69. The minimum Gasteiger partial charge on any atom is -0.493 e. The van der Waals surface area contributed by atoms with E-state index in [2.05, 4.69) is 23.9 Å². The van der Waals surface area contributed by atoms with Crippen LogP contribution in [0.4, 0.5) is 0 Å². The van der Waals surface area contributed by atoms with E-state index in [0.717, 1.165) is 30.2 Å². The van der Waals surface area contributed by atoms with Gasteiger partial charge in [-0.1, -0.05) is 23.8 Å². The standard InChI is InChI=1S/C21H22NO2/c1-18-6-8-20(9-7-18)24-21-12-10-19(11-13-21)23-17-5-16-22-14-3-2-4-15-22/h2-4,6-15H,5,16-17H2,1H3/q+1. The number of rotatable bonds is 7. The summed E-state index contributed by atoms with van der Waals surface area (Å²) < 4.78 is 13.7. The first-order valence-electron chi connectivity index (χ1n) is 8.21. The lowest BCUT2D eigenvalue weighted by Crippen LogP contribution is -2.33. The number of nitrogens with zero attached hydrogens (tertiary/aromatic N) is 1. The Hall–Kier alpha value is -2.81. The summed E-state index contributed by atoms with van der Waals surface area (Å²) in [6.07, 6.45) is 5.10. The smallest absolute Gasteiger partial charge is 0.168 e. The maximum Gasteiger partial charge on any atom is 0.168 e. The minimum atomic E-state index is 0.695. The van der Waals surface area contributed by atoms with Crippen LogP contribution in [0.5, 0.6) is 17.2 Å². The Morgan fingerprint density at radius 3 is 2.00 bits per heavy atom. The molecular formula is C21H22NO2+. The van der Waals surface area contributed by atoms with Crippen LogP contribution in [0.2, 0.25) is 0 Å². The molecule has 3 nitrogen and oxygen atoms in total. The van der Waals surface area contributed by atoms with Gasteiger partial charge in [-0.05, 0) is 43.3 Å². The third-order valence-electron chi connectivity index (χ3n) is 3.69. The van der Waals surface area contributed by atoms with Gasteiger partial charge in [-0.2, -0.15) is 0 Å². The maximum absolute atomic E-state index is 5.81. The van der Waals surface area contributed by atoms with Crippen molar-refractivity contribution >= 4 is 0 Å². The molecule has 1 heterocycles. The number of hydrogen-bond acceptors (Lipinski definition) is 2. The van der Waals surface area contributed by atoms with Gasteiger partial charge < -0.3 is 9.47 Å². The van der Waals surface area contributed by atoms with Crippen LogP contribution < -0.4 is 14.0 Å². The van der Waals surface area contributed by atoms with Gasteiger partial charge >= 0.3 is 0 Å². The summed E-state index contributed by atoms with van der Waals surface area (Å²) >= 11 is 0. The highest BCUT2D eigenvalue weighted by atomic mass is 16.5. The van der Waals surface area contributed by atoms with Crippen molar-refractivity contribution in [3.8, 4) is 17.2 Å². The fraction of sp³-hybridized carbons (Fsp3) is 0.190. The van der Waals surface area contributed by atoms with Crippen molar-refractivity contribution in [3.05, 3.63) is 84.7 Å². The Kier molecular flexibility index (Phi) is 5.46. The number of pyridine rings is 1. The topological polar surface area (TPSA) is 22.3 Å². The van der Waals surface area contributed by atoms with Crippen molar-refractivity contribution in [1.29, 1.82) is 0 Å². The molecule has 0 atom stereocenters. The molecule has 122 valence electrons. The van der Waals surface area contributed by atoms with Gasteiger partial charge in [0, 0.05) is 18.6 Å². The Labute approximate surface area is 143 Å². The van der Waals surface area contributed by atoms with Crippen molar-refractivity contribution in [2.75, 3.05) is 6.61 Å². The minimum absolute atomic E-state index is 0.695. The molecule has 0 bridgehead atoms. The predicted molar refractivity (Wildman–Crippen MR) is 94.4 cm³/mol. The molecule has 0 spiro atoms. The van der Waals surface area contributed by atoms with Crippen molar-refractivity contribution in [3.63, 3.8) is 0 Å². The largest absolute Gasteiger partial charge is 0.493 e. The molecule has 0 aliphatic rings. The average Bonchev–Trinajstić information content (AvgIpc) is 2.63. The lowest BCUT2D eigenvalue weighted by atomic mass is 10.2. The molecule has 1 aromatic heterocycles. The molecule has 0 amide bonds. The number of aromatic nitrogens is 1. The second-order valence-electron chi connectivity index (χ2n) is 5.70. The zero-order valence-electron chi connectivity index (χ0n) is 13.9. The zero-order valence-corrected chi connectivity index (χ0v) is 13.9. The summed E-state index contributed by atoms with van der Waals surface area (Å²) in [6.45, 7) is 3.71. The number of hydrogen-bond donors (Lipinski definition) is 0. The van der Waals surface area contributed by atoms with Crippen molar-refractivity contribution in [1.82, 2.24) is 0 Å². The molecule has 0 N–H and O–H groups in total. The fourth-order valence-corrected chi connectivity index (χ4v) is 2.37. The molecule has 2 aromatic carbocycles. The van der Waals surface area contributed by atoms with Crippen LogP contribution in [-0.2, 0) is 6.54 Å². The highest BCUT2D eigenvalue weighted by Crippen LogP contribution is 2.24. The van der Waals surface area contributed by atoms with Crippen LogP contribution in [0.15, 0.2) is 79.1 Å². The SMILES string of the molecule is Cc1ccc(Oc2ccc(OCCC[n+]3ccccc3)cc2)cc1. The molecule has 0 radical (unpaired) electrons. The Balaban J connectivity index is 1.45. The molecule has 0 saturated carbocycles. The summed E-state index contributed by atoms with van der Waals surface area (Å²) in [6, 6.07) is 21.9. The molecule has 0 unspecified atom stereocenters. The first-order valence-corrected chi connectivity index (χ1v) is 8.21. The van der Waals surface area contributed by atoms with Gasteiger partial charge in [-0.15, -0.1) is 0 Å². The predicted octanol–water partition coefficient (Wildman–Crippen LogP) is 4.54. The molecule has 0 saturated heterocycles. The number of ether oxygens (including phenoxy) is 2. The van der Waals surface area contributed by atoms with Crippen molar-refractivity contribution in [2.45, 2.75) is 19.9 Å². The lowest BCUT2D eigenvalue weighted by molar-refractivity contribution is -0.697. The fourth-order valence-electron chi connectivity index (χ4n) is 2.37. The molecule has 0 aliphatic carbocycles. The third kappa shape index (κ3) is 4.85. The van der Waals surface area contributed by atoms with E-state index in [0.29, 0.717) is 6.61 Å². The monoisotopic (exact) mass is 320 g/mol. The Morgan fingerprint density at radius 2 is 1.33 bits per heavy atom. The highest BCUT2D eigenvalue weighted by Gasteiger charge is 2.01. The quantitative estimate of drug-likeness (QED) is 0.471. The zero-order chi connectivity index (χ0) is 16.6. The van der Waals surface area contributed by atoms with Crippen molar-refractivity contribution < 1.29 is 14.0 Å². The summed E-state index contributed by atoms with van der Waals surface area (Å²) in [4.78, 5) is 0. The van der Waals surface area contributed by atoms with Gasteiger partial charge in [0.05, 0.1) is 6.61 Å². The van der Waals surface area contributed by atoms with Crippen LogP contribution in [0.25, 0.3) is 0 Å². The normalized spacial score (nSPS) is 10.4. The summed E-state index contributed by atoms with van der Waals surface area (Å²) in [5.74, 6) is 2.52. The lowest BCUT2D eigenvalue weighted by Gasteiger charge is -2.08. The van der Waals surface area contributed by atoms with E-state index >= 15 is 0 Å². The van der Waals surface area contributed by atoms with E-state index in [4.69, 9.17) is 9.47 Å². The van der Waals surface area contributed by atoms with Gasteiger partial charge in [0.2, 0.25) is 0 Å². The molecule has 3 aromatic rings. The van der Waals surface area contributed by atoms with Gasteiger partial charge in [-0.25, -0.2) is 4.57 Å². The molecule has 3 rings (SSSR count). The first-order chi connectivity index (χ1) is 11.8. The van der Waals surface area contributed by atoms with Crippen LogP contribution in [-0.4, -0.2) is 6.61 Å². The summed E-state index contributed by atoms with van der Waals surface area (Å²) in [7, 11) is 0. The van der Waals surface area contributed by atoms with Crippen LogP contribution in [0, 0.1) is 6.92 Å². The molecule has 3 heteroatoms. The summed E-state index contributed by atoms with van der Waals surface area (Å²) in [5.41, 5.74) is 1.22. The second kappa shape index (κ2) is 8.16. The molecule has 24 heavy (non-hydrogen) atoms. The maximum atomic E-state index is 5.81. The van der Waals surface area contributed by atoms with E-state index in [1.54, 1.807) is 0 Å². The van der Waals surface area contributed by atoms with E-state index < -0.39 is 0 Å². The van der Waals surface area contributed by atoms with E-state index in [9.17, 15) is 0 Å². The van der Waals surface area contributed by atoms with Gasteiger partial charge in [0.1, 0.15) is 17.2 Å². The molecule has 0 aliphatic heterocycles. The Bertz CT molecular complexity index is 737. The van der Waals surface area contributed by atoms with E-state index in [1.165, 1.54) is 5.56 Å². The van der Waals surface area contributed by atoms with Crippen molar-refractivity contribution in [2.24, 2.45) is 0 Å². The van der Waals surface area contributed by atoms with E-state index in [1.807, 2.05) is 66.7 Å². The first kappa shape index (κ1) is 16.1. The van der Waals surface area contributed by atoms with Crippen LogP contribution in [0.1, 0.15) is 12.0 Å². The molecular weight excluding hydrogens is 298 g/mol. The Morgan fingerprint density at radius 1 is 0.750 bits per heavy atom. The second-order valence-corrected chi connectivity index (χ2v) is 5.70.